The zero-order valence-corrected chi connectivity index (χ0v) is 15.4. The molecule has 0 unspecified atom stereocenters. The van der Waals surface area contributed by atoms with Crippen LogP contribution in [0, 0.1) is 0 Å². The molecule has 2 aliphatic rings. The van der Waals surface area contributed by atoms with Crippen LogP contribution in [0.4, 0.5) is 0 Å². The van der Waals surface area contributed by atoms with Gasteiger partial charge >= 0.3 is 0 Å². The summed E-state index contributed by atoms with van der Waals surface area (Å²) >= 11 is 0. The van der Waals surface area contributed by atoms with E-state index in [9.17, 15) is 4.79 Å². The van der Waals surface area contributed by atoms with Crippen LogP contribution in [-0.2, 0) is 16.1 Å². The molecule has 0 aliphatic carbocycles. The minimum atomic E-state index is -0.269. The topological polar surface area (TPSA) is 58.8 Å². The Balaban J connectivity index is 0.00000144. The van der Waals surface area contributed by atoms with Gasteiger partial charge in [0, 0.05) is 39.3 Å². The van der Waals surface area contributed by atoms with E-state index in [2.05, 4.69) is 29.2 Å². The highest BCUT2D eigenvalue weighted by Gasteiger charge is 2.33. The molecule has 0 saturated carbocycles. The van der Waals surface area contributed by atoms with Gasteiger partial charge in [0.25, 0.3) is 5.91 Å². The molecule has 2 aliphatic heterocycles. The number of hydrogen-bond acceptors (Lipinski definition) is 4. The van der Waals surface area contributed by atoms with Crippen LogP contribution >= 0.6 is 24.8 Å². The minimum absolute atomic E-state index is 0. The number of amides is 1. The highest BCUT2D eigenvalue weighted by atomic mass is 35.5. The van der Waals surface area contributed by atoms with Crippen LogP contribution in [0.3, 0.4) is 0 Å². The molecule has 0 bridgehead atoms. The van der Waals surface area contributed by atoms with E-state index in [1.807, 2.05) is 11.0 Å². The van der Waals surface area contributed by atoms with Gasteiger partial charge in [0.2, 0.25) is 0 Å². The average Bonchev–Trinajstić information content (AvgIpc) is 3.05. The number of nitrogens with zero attached hydrogens (tertiary/aromatic N) is 2. The van der Waals surface area contributed by atoms with Crippen LogP contribution in [0.2, 0.25) is 0 Å². The van der Waals surface area contributed by atoms with Crippen LogP contribution in [-0.4, -0.2) is 60.6 Å². The van der Waals surface area contributed by atoms with Gasteiger partial charge in [0.05, 0.1) is 6.10 Å². The number of ether oxygens (including phenoxy) is 1. The summed E-state index contributed by atoms with van der Waals surface area (Å²) in [6.45, 7) is 4.89. The zero-order chi connectivity index (χ0) is 15.4. The normalized spacial score (nSPS) is 24.1. The Morgan fingerprint density at radius 1 is 1.08 bits per heavy atom. The average molecular weight is 376 g/mol. The lowest BCUT2D eigenvalue weighted by molar-refractivity contribution is -0.144. The number of benzene rings is 1. The predicted octanol–water partition coefficient (Wildman–Crippen LogP) is 1.68. The molecule has 2 fully saturated rings. The van der Waals surface area contributed by atoms with Crippen molar-refractivity contribution in [3.8, 4) is 0 Å². The maximum atomic E-state index is 12.5. The van der Waals surface area contributed by atoms with Crippen molar-refractivity contribution in [2.24, 2.45) is 5.73 Å². The van der Waals surface area contributed by atoms with Crippen molar-refractivity contribution in [3.63, 3.8) is 0 Å². The molecule has 2 heterocycles. The Labute approximate surface area is 156 Å². The smallest absolute Gasteiger partial charge is 0.251 e. The van der Waals surface area contributed by atoms with Gasteiger partial charge in [0.1, 0.15) is 6.10 Å². The van der Waals surface area contributed by atoms with Crippen LogP contribution in [0.1, 0.15) is 18.4 Å². The molecule has 1 aromatic carbocycles. The standard InChI is InChI=1S/C17H25N3O2.2ClH/c18-12-15-6-7-16(22-15)17(21)20-10-8-19(9-11-20)13-14-4-2-1-3-5-14;;/h1-5,15-16H,6-13,18H2;2*1H/t15-,16+;;/m1../s1. The molecule has 2 N–H and O–H groups in total. The summed E-state index contributed by atoms with van der Waals surface area (Å²) in [6, 6.07) is 10.5. The van der Waals surface area contributed by atoms with Crippen molar-refractivity contribution < 1.29 is 9.53 Å². The van der Waals surface area contributed by atoms with E-state index in [0.29, 0.717) is 6.54 Å². The molecule has 2 atom stereocenters. The maximum Gasteiger partial charge on any atom is 0.251 e. The number of carbonyl (C=O) groups excluding carboxylic acids is 1. The number of halogens is 2. The van der Waals surface area contributed by atoms with Gasteiger partial charge in [0.15, 0.2) is 0 Å². The Bertz CT molecular complexity index is 496. The lowest BCUT2D eigenvalue weighted by Crippen LogP contribution is -2.51. The largest absolute Gasteiger partial charge is 0.364 e. The van der Waals surface area contributed by atoms with E-state index >= 15 is 0 Å². The van der Waals surface area contributed by atoms with Crippen LogP contribution in [0.25, 0.3) is 0 Å². The summed E-state index contributed by atoms with van der Waals surface area (Å²) < 4.78 is 5.72. The third-order valence-electron chi connectivity index (χ3n) is 4.58. The van der Waals surface area contributed by atoms with E-state index in [1.54, 1.807) is 0 Å². The van der Waals surface area contributed by atoms with E-state index in [-0.39, 0.29) is 42.9 Å². The number of carbonyl (C=O) groups is 1. The second kappa shape index (κ2) is 10.2. The Morgan fingerprint density at radius 3 is 2.33 bits per heavy atom. The molecular weight excluding hydrogens is 349 g/mol. The van der Waals surface area contributed by atoms with Gasteiger partial charge in [-0.05, 0) is 18.4 Å². The summed E-state index contributed by atoms with van der Waals surface area (Å²) in [5.74, 6) is 0.148. The van der Waals surface area contributed by atoms with E-state index in [4.69, 9.17) is 10.5 Å². The molecule has 1 amide bonds. The summed E-state index contributed by atoms with van der Waals surface area (Å²) in [6.07, 6.45) is 1.51. The van der Waals surface area contributed by atoms with Gasteiger partial charge < -0.3 is 15.4 Å². The quantitative estimate of drug-likeness (QED) is 0.869. The highest BCUT2D eigenvalue weighted by molar-refractivity contribution is 5.85. The second-order valence-electron chi connectivity index (χ2n) is 6.15. The van der Waals surface area contributed by atoms with Crippen LogP contribution < -0.4 is 5.73 Å². The van der Waals surface area contributed by atoms with Gasteiger partial charge in [-0.25, -0.2) is 0 Å². The fraction of sp³-hybridized carbons (Fsp3) is 0.588. The zero-order valence-electron chi connectivity index (χ0n) is 13.8. The second-order valence-corrected chi connectivity index (χ2v) is 6.15. The van der Waals surface area contributed by atoms with Crippen molar-refractivity contribution in [1.29, 1.82) is 0 Å². The summed E-state index contributed by atoms with van der Waals surface area (Å²) in [5.41, 5.74) is 6.94. The molecule has 136 valence electrons. The molecule has 24 heavy (non-hydrogen) atoms. The number of hydrogen-bond donors (Lipinski definition) is 1. The predicted molar refractivity (Wildman–Crippen MR) is 99.7 cm³/mol. The summed E-state index contributed by atoms with van der Waals surface area (Å²) in [4.78, 5) is 16.8. The van der Waals surface area contributed by atoms with E-state index in [0.717, 1.165) is 45.6 Å². The van der Waals surface area contributed by atoms with Crippen LogP contribution in [0.15, 0.2) is 30.3 Å². The first-order valence-corrected chi connectivity index (χ1v) is 8.17. The van der Waals surface area contributed by atoms with Gasteiger partial charge in [-0.3, -0.25) is 9.69 Å². The van der Waals surface area contributed by atoms with Gasteiger partial charge in [-0.2, -0.15) is 0 Å². The van der Waals surface area contributed by atoms with E-state index < -0.39 is 0 Å². The first kappa shape index (κ1) is 21.2. The fourth-order valence-electron chi connectivity index (χ4n) is 3.23. The molecule has 2 saturated heterocycles. The minimum Gasteiger partial charge on any atom is -0.364 e. The molecule has 3 rings (SSSR count). The van der Waals surface area contributed by atoms with Gasteiger partial charge in [-0.1, -0.05) is 30.3 Å². The van der Waals surface area contributed by atoms with Crippen molar-refractivity contribution in [1.82, 2.24) is 9.80 Å². The maximum absolute atomic E-state index is 12.5. The lowest BCUT2D eigenvalue weighted by atomic mass is 10.1. The van der Waals surface area contributed by atoms with Crippen molar-refractivity contribution in [2.75, 3.05) is 32.7 Å². The fourth-order valence-corrected chi connectivity index (χ4v) is 3.23. The molecule has 0 aromatic heterocycles. The Kier molecular flexibility index (Phi) is 9.02. The highest BCUT2D eigenvalue weighted by Crippen LogP contribution is 2.21. The Hall–Kier alpha value is -0.850. The first-order chi connectivity index (χ1) is 10.8. The van der Waals surface area contributed by atoms with Crippen molar-refractivity contribution >= 4 is 30.7 Å². The molecule has 5 nitrogen and oxygen atoms in total. The van der Waals surface area contributed by atoms with Gasteiger partial charge in [-0.15, -0.1) is 24.8 Å². The van der Waals surface area contributed by atoms with Crippen molar-refractivity contribution in [2.45, 2.75) is 31.6 Å². The monoisotopic (exact) mass is 375 g/mol. The third-order valence-corrected chi connectivity index (χ3v) is 4.58. The molecule has 0 spiro atoms. The van der Waals surface area contributed by atoms with Crippen LogP contribution in [0.5, 0.6) is 0 Å². The van der Waals surface area contributed by atoms with E-state index in [1.165, 1.54) is 5.56 Å². The molecule has 1 aromatic rings. The SMILES string of the molecule is Cl.Cl.NC[C@H]1CC[C@@H](C(=O)N2CCN(Cc3ccccc3)CC2)O1. The third kappa shape index (κ3) is 5.33. The number of piperazine rings is 1. The lowest BCUT2D eigenvalue weighted by Gasteiger charge is -2.35. The summed E-state index contributed by atoms with van der Waals surface area (Å²) in [5, 5.41) is 0. The first-order valence-electron chi connectivity index (χ1n) is 8.17. The molecular formula is C17H27Cl2N3O2. The summed E-state index contributed by atoms with van der Waals surface area (Å²) in [7, 11) is 0. The number of rotatable bonds is 4. The van der Waals surface area contributed by atoms with Crippen molar-refractivity contribution in [3.05, 3.63) is 35.9 Å². The Morgan fingerprint density at radius 2 is 1.75 bits per heavy atom. The number of nitrogens with two attached hydrogens (primary N) is 1. The molecule has 0 radical (unpaired) electrons. The molecule has 7 heteroatoms.